The molecule has 0 spiro atoms. The lowest BCUT2D eigenvalue weighted by Crippen LogP contribution is -1.92. The molecule has 0 amide bonds. The summed E-state index contributed by atoms with van der Waals surface area (Å²) in [5, 5.41) is 28.8. The second kappa shape index (κ2) is 4.84. The second-order valence-corrected chi connectivity index (χ2v) is 4.17. The number of aromatic hydroxyl groups is 2. The lowest BCUT2D eigenvalue weighted by atomic mass is 10.2. The number of phenols is 2. The van der Waals surface area contributed by atoms with Gasteiger partial charge in [0.05, 0.1) is 4.92 Å². The van der Waals surface area contributed by atoms with E-state index in [1.807, 2.05) is 0 Å². The first-order chi connectivity index (χ1) is 7.41. The number of nitrogens with zero attached hydrogens (tertiary/aromatic N) is 1. The molecule has 6 nitrogen and oxygen atoms in total. The van der Waals surface area contributed by atoms with Crippen molar-refractivity contribution in [3.63, 3.8) is 0 Å². The van der Waals surface area contributed by atoms with Gasteiger partial charge in [-0.1, -0.05) is 11.8 Å². The molecule has 0 saturated heterocycles. The zero-order chi connectivity index (χ0) is 12.3. The molecule has 0 aliphatic carbocycles. The van der Waals surface area contributed by atoms with E-state index in [1.54, 1.807) is 0 Å². The Balaban J connectivity index is 3.04. The van der Waals surface area contributed by atoms with E-state index in [0.717, 1.165) is 17.8 Å². The number of nitro groups is 1. The number of hydrogen-bond donors (Lipinski definition) is 2. The van der Waals surface area contributed by atoms with Gasteiger partial charge in [0.1, 0.15) is 0 Å². The van der Waals surface area contributed by atoms with Gasteiger partial charge in [0, 0.05) is 18.7 Å². The van der Waals surface area contributed by atoms with E-state index in [4.69, 9.17) is 0 Å². The summed E-state index contributed by atoms with van der Waals surface area (Å²) < 4.78 is 0. The summed E-state index contributed by atoms with van der Waals surface area (Å²) in [5.41, 5.74) is -0.165. The van der Waals surface area contributed by atoms with Crippen LogP contribution >= 0.6 is 11.8 Å². The van der Waals surface area contributed by atoms with Gasteiger partial charge < -0.3 is 10.2 Å². The molecule has 0 saturated carbocycles. The van der Waals surface area contributed by atoms with Crippen LogP contribution < -0.4 is 0 Å². The van der Waals surface area contributed by atoms with Gasteiger partial charge in [-0.05, 0) is 11.6 Å². The van der Waals surface area contributed by atoms with Gasteiger partial charge in [-0.3, -0.25) is 14.9 Å². The molecule has 16 heavy (non-hydrogen) atoms. The third-order valence-corrected chi connectivity index (χ3v) is 2.65. The van der Waals surface area contributed by atoms with Crippen molar-refractivity contribution >= 4 is 22.6 Å². The molecule has 0 aliphatic rings. The first-order valence-corrected chi connectivity index (χ1v) is 5.23. The molecule has 7 heteroatoms. The summed E-state index contributed by atoms with van der Waals surface area (Å²) in [6.45, 7) is 1.37. The third-order valence-electron chi connectivity index (χ3n) is 1.77. The Morgan fingerprint density at radius 3 is 2.62 bits per heavy atom. The molecular formula is C9H9NO5S. The minimum Gasteiger partial charge on any atom is -0.504 e. The standard InChI is InChI=1S/C9H9NO5S/c1-5(11)16-4-6-2-7(10(14)15)9(13)8(12)3-6/h2-3,12-13H,4H2,1H3. The van der Waals surface area contributed by atoms with Crippen LogP contribution in [0.2, 0.25) is 0 Å². The smallest absolute Gasteiger partial charge is 0.314 e. The Morgan fingerprint density at radius 2 is 2.12 bits per heavy atom. The number of thioether (sulfide) groups is 1. The Kier molecular flexibility index (Phi) is 3.73. The van der Waals surface area contributed by atoms with Gasteiger partial charge >= 0.3 is 5.69 Å². The van der Waals surface area contributed by atoms with Crippen LogP contribution in [0.4, 0.5) is 5.69 Å². The van der Waals surface area contributed by atoms with Crippen LogP contribution in [0.1, 0.15) is 12.5 Å². The Hall–Kier alpha value is -1.76. The molecule has 1 aromatic carbocycles. The number of rotatable bonds is 3. The molecule has 0 heterocycles. The summed E-state index contributed by atoms with van der Waals surface area (Å²) in [7, 11) is 0. The summed E-state index contributed by atoms with van der Waals surface area (Å²) in [4.78, 5) is 20.4. The predicted octanol–water partition coefficient (Wildman–Crippen LogP) is 1.79. The highest BCUT2D eigenvalue weighted by Crippen LogP contribution is 2.36. The molecule has 1 aromatic rings. The lowest BCUT2D eigenvalue weighted by Gasteiger charge is -2.03. The fourth-order valence-electron chi connectivity index (χ4n) is 1.07. The Bertz CT molecular complexity index is 446. The van der Waals surface area contributed by atoms with Crippen LogP contribution in [-0.2, 0) is 10.5 Å². The average molecular weight is 243 g/mol. The normalized spacial score (nSPS) is 10.1. The van der Waals surface area contributed by atoms with Crippen molar-refractivity contribution in [1.82, 2.24) is 0 Å². The topological polar surface area (TPSA) is 101 Å². The van der Waals surface area contributed by atoms with E-state index in [0.29, 0.717) is 5.56 Å². The summed E-state index contributed by atoms with van der Waals surface area (Å²) in [5.74, 6) is -1.11. The van der Waals surface area contributed by atoms with Gasteiger partial charge in [0.2, 0.25) is 5.75 Å². The molecule has 0 aromatic heterocycles. The monoisotopic (exact) mass is 243 g/mol. The number of hydrogen-bond acceptors (Lipinski definition) is 6. The molecule has 0 aliphatic heterocycles. The van der Waals surface area contributed by atoms with Crippen molar-refractivity contribution in [3.8, 4) is 11.5 Å². The van der Waals surface area contributed by atoms with Crippen LogP contribution in [0.25, 0.3) is 0 Å². The average Bonchev–Trinajstić information content (AvgIpc) is 2.19. The molecule has 0 unspecified atom stereocenters. The minimum atomic E-state index is -0.795. The zero-order valence-electron chi connectivity index (χ0n) is 8.34. The first-order valence-electron chi connectivity index (χ1n) is 4.24. The minimum absolute atomic E-state index is 0.129. The maximum Gasteiger partial charge on any atom is 0.314 e. The van der Waals surface area contributed by atoms with Crippen molar-refractivity contribution in [3.05, 3.63) is 27.8 Å². The Labute approximate surface area is 95.1 Å². The lowest BCUT2D eigenvalue weighted by molar-refractivity contribution is -0.386. The first kappa shape index (κ1) is 12.3. The number of benzene rings is 1. The maximum absolute atomic E-state index is 10.7. The molecule has 0 atom stereocenters. The van der Waals surface area contributed by atoms with Gasteiger partial charge in [-0.2, -0.15) is 0 Å². The van der Waals surface area contributed by atoms with E-state index in [-0.39, 0.29) is 10.9 Å². The summed E-state index contributed by atoms with van der Waals surface area (Å²) in [6.07, 6.45) is 0. The second-order valence-electron chi connectivity index (χ2n) is 3.02. The fraction of sp³-hybridized carbons (Fsp3) is 0.222. The van der Waals surface area contributed by atoms with Crippen LogP contribution in [0.5, 0.6) is 11.5 Å². The molecule has 0 fully saturated rings. The molecule has 0 bridgehead atoms. The maximum atomic E-state index is 10.7. The summed E-state index contributed by atoms with van der Waals surface area (Å²) >= 11 is 0.965. The van der Waals surface area contributed by atoms with E-state index in [2.05, 4.69) is 0 Å². The number of carbonyl (C=O) groups excluding carboxylic acids is 1. The molecular weight excluding hydrogens is 234 g/mol. The molecule has 0 radical (unpaired) electrons. The highest BCUT2D eigenvalue weighted by Gasteiger charge is 2.18. The largest absolute Gasteiger partial charge is 0.504 e. The fourth-order valence-corrected chi connectivity index (χ4v) is 1.60. The highest BCUT2D eigenvalue weighted by molar-refractivity contribution is 8.12. The van der Waals surface area contributed by atoms with Crippen molar-refractivity contribution in [1.29, 1.82) is 0 Å². The SMILES string of the molecule is CC(=O)SCc1cc(O)c(O)c([N+](=O)[O-])c1. The Morgan fingerprint density at radius 1 is 1.50 bits per heavy atom. The van der Waals surface area contributed by atoms with Gasteiger partial charge in [-0.15, -0.1) is 0 Å². The van der Waals surface area contributed by atoms with Crippen LogP contribution in [0, 0.1) is 10.1 Å². The van der Waals surface area contributed by atoms with Gasteiger partial charge in [-0.25, -0.2) is 0 Å². The van der Waals surface area contributed by atoms with Crippen molar-refractivity contribution in [2.45, 2.75) is 12.7 Å². The van der Waals surface area contributed by atoms with Crippen LogP contribution in [0.3, 0.4) is 0 Å². The van der Waals surface area contributed by atoms with Crippen molar-refractivity contribution in [2.75, 3.05) is 0 Å². The van der Waals surface area contributed by atoms with E-state index >= 15 is 0 Å². The molecule has 86 valence electrons. The third kappa shape index (κ3) is 2.86. The predicted molar refractivity (Wildman–Crippen MR) is 58.4 cm³/mol. The summed E-state index contributed by atoms with van der Waals surface area (Å²) in [6, 6.07) is 2.32. The molecule has 2 N–H and O–H groups in total. The number of nitro benzene ring substituents is 1. The van der Waals surface area contributed by atoms with Crippen molar-refractivity contribution < 1.29 is 19.9 Å². The highest BCUT2D eigenvalue weighted by atomic mass is 32.2. The molecule has 1 rings (SSSR count). The number of phenolic OH excluding ortho intramolecular Hbond substituents is 2. The zero-order valence-corrected chi connectivity index (χ0v) is 9.15. The van der Waals surface area contributed by atoms with E-state index in [1.165, 1.54) is 13.0 Å². The van der Waals surface area contributed by atoms with E-state index in [9.17, 15) is 25.1 Å². The quantitative estimate of drug-likeness (QED) is 0.476. The van der Waals surface area contributed by atoms with Crippen LogP contribution in [-0.4, -0.2) is 20.3 Å². The van der Waals surface area contributed by atoms with Crippen molar-refractivity contribution in [2.24, 2.45) is 0 Å². The van der Waals surface area contributed by atoms with E-state index < -0.39 is 22.1 Å². The van der Waals surface area contributed by atoms with Gasteiger partial charge in [0.25, 0.3) is 0 Å². The van der Waals surface area contributed by atoms with Crippen LogP contribution in [0.15, 0.2) is 12.1 Å². The van der Waals surface area contributed by atoms with Gasteiger partial charge in [0.15, 0.2) is 10.9 Å². The number of carbonyl (C=O) groups is 1.